The summed E-state index contributed by atoms with van der Waals surface area (Å²) < 4.78 is 0. The van der Waals surface area contributed by atoms with E-state index in [1.54, 1.807) is 11.8 Å². The van der Waals surface area contributed by atoms with Crippen LogP contribution in [0.25, 0.3) is 6.08 Å². The highest BCUT2D eigenvalue weighted by atomic mass is 32.2. The second-order valence-electron chi connectivity index (χ2n) is 4.97. The van der Waals surface area contributed by atoms with Crippen LogP contribution in [0.4, 0.5) is 0 Å². The number of benzene rings is 2. The lowest BCUT2D eigenvalue weighted by Crippen LogP contribution is -1.90. The maximum atomic E-state index is 12.1. The van der Waals surface area contributed by atoms with Gasteiger partial charge in [0.05, 0.1) is 4.91 Å². The van der Waals surface area contributed by atoms with Crippen LogP contribution in [0.2, 0.25) is 0 Å². The monoisotopic (exact) mass is 325 g/mol. The minimum atomic E-state index is -0.158. The van der Waals surface area contributed by atoms with Gasteiger partial charge >= 0.3 is 0 Å². The van der Waals surface area contributed by atoms with Crippen molar-refractivity contribution in [1.82, 2.24) is 0 Å². The number of aliphatic imine (C=N–C) groups is 1. The zero-order chi connectivity index (χ0) is 15.5. The molecule has 1 aliphatic rings. The number of rotatable bonds is 3. The van der Waals surface area contributed by atoms with Crippen LogP contribution in [-0.4, -0.2) is 17.2 Å². The first kappa shape index (κ1) is 15.1. The van der Waals surface area contributed by atoms with Gasteiger partial charge in [0.1, 0.15) is 5.04 Å². The Hall–Kier alpha value is -1.78. The van der Waals surface area contributed by atoms with Crippen molar-refractivity contribution in [3.63, 3.8) is 0 Å². The van der Waals surface area contributed by atoms with Gasteiger partial charge in [-0.15, -0.1) is 11.8 Å². The lowest BCUT2D eigenvalue weighted by molar-refractivity contribution is -0.113. The molecular weight excluding hydrogens is 310 g/mol. The third-order valence-electron chi connectivity index (χ3n) is 3.33. The summed E-state index contributed by atoms with van der Waals surface area (Å²) in [5.74, 6) is -0.158. The summed E-state index contributed by atoms with van der Waals surface area (Å²) in [5.41, 5.74) is 3.21. The quantitative estimate of drug-likeness (QED) is 0.601. The van der Waals surface area contributed by atoms with Crippen molar-refractivity contribution >= 4 is 40.6 Å². The van der Waals surface area contributed by atoms with E-state index in [2.05, 4.69) is 17.1 Å². The molecule has 0 unspecified atom stereocenters. The van der Waals surface area contributed by atoms with Crippen molar-refractivity contribution in [3.05, 3.63) is 70.1 Å². The van der Waals surface area contributed by atoms with Gasteiger partial charge in [-0.3, -0.25) is 4.79 Å². The summed E-state index contributed by atoms with van der Waals surface area (Å²) in [6, 6.07) is 16.2. The third kappa shape index (κ3) is 3.34. The van der Waals surface area contributed by atoms with E-state index in [0.29, 0.717) is 4.91 Å². The van der Waals surface area contributed by atoms with Crippen LogP contribution in [0.3, 0.4) is 0 Å². The Labute approximate surface area is 138 Å². The van der Waals surface area contributed by atoms with E-state index in [-0.39, 0.29) is 5.91 Å². The normalized spacial score (nSPS) is 16.2. The molecule has 0 N–H and O–H groups in total. The van der Waals surface area contributed by atoms with Gasteiger partial charge in [-0.1, -0.05) is 53.7 Å². The number of carbonyl (C=O) groups excluding carboxylic acids is 1. The van der Waals surface area contributed by atoms with Gasteiger partial charge in [0.15, 0.2) is 0 Å². The SMILES string of the molecule is CSc1ccc(C=C2SC(c3ccc(C)cc3)=NC2=O)cc1. The fourth-order valence-electron chi connectivity index (χ4n) is 2.08. The van der Waals surface area contributed by atoms with Gasteiger partial charge in [-0.25, -0.2) is 4.99 Å². The van der Waals surface area contributed by atoms with E-state index in [4.69, 9.17) is 0 Å². The van der Waals surface area contributed by atoms with Crippen molar-refractivity contribution in [3.8, 4) is 0 Å². The Balaban J connectivity index is 1.81. The van der Waals surface area contributed by atoms with Crippen LogP contribution < -0.4 is 0 Å². The Morgan fingerprint density at radius 3 is 2.36 bits per heavy atom. The smallest absolute Gasteiger partial charge is 0.266 e. The molecule has 2 nitrogen and oxygen atoms in total. The zero-order valence-corrected chi connectivity index (χ0v) is 14.0. The zero-order valence-electron chi connectivity index (χ0n) is 12.4. The van der Waals surface area contributed by atoms with Gasteiger partial charge < -0.3 is 0 Å². The molecule has 22 heavy (non-hydrogen) atoms. The minimum absolute atomic E-state index is 0.158. The minimum Gasteiger partial charge on any atom is -0.266 e. The fraction of sp³-hybridized carbons (Fsp3) is 0.111. The molecule has 0 saturated carbocycles. The van der Waals surface area contributed by atoms with Crippen LogP contribution in [0.5, 0.6) is 0 Å². The molecule has 110 valence electrons. The molecule has 1 amide bonds. The van der Waals surface area contributed by atoms with E-state index in [9.17, 15) is 4.79 Å². The number of hydrogen-bond donors (Lipinski definition) is 0. The molecule has 3 rings (SSSR count). The highest BCUT2D eigenvalue weighted by Crippen LogP contribution is 2.32. The number of carbonyl (C=O) groups is 1. The van der Waals surface area contributed by atoms with Crippen molar-refractivity contribution in [2.24, 2.45) is 4.99 Å². The maximum Gasteiger partial charge on any atom is 0.284 e. The van der Waals surface area contributed by atoms with Crippen molar-refractivity contribution in [2.45, 2.75) is 11.8 Å². The number of thioether (sulfide) groups is 2. The fourth-order valence-corrected chi connectivity index (χ4v) is 3.41. The molecule has 1 aliphatic heterocycles. The molecule has 0 fully saturated rings. The Morgan fingerprint density at radius 2 is 1.73 bits per heavy atom. The summed E-state index contributed by atoms with van der Waals surface area (Å²) in [6.07, 6.45) is 3.95. The highest BCUT2D eigenvalue weighted by molar-refractivity contribution is 8.19. The van der Waals surface area contributed by atoms with E-state index in [1.165, 1.54) is 22.2 Å². The molecular formula is C18H15NOS2. The van der Waals surface area contributed by atoms with Crippen molar-refractivity contribution in [2.75, 3.05) is 6.26 Å². The third-order valence-corrected chi connectivity index (χ3v) is 5.11. The van der Waals surface area contributed by atoms with Crippen molar-refractivity contribution < 1.29 is 4.79 Å². The van der Waals surface area contributed by atoms with E-state index >= 15 is 0 Å². The van der Waals surface area contributed by atoms with E-state index in [1.807, 2.05) is 55.7 Å². The second-order valence-corrected chi connectivity index (χ2v) is 6.88. The predicted octanol–water partition coefficient (Wildman–Crippen LogP) is 4.78. The van der Waals surface area contributed by atoms with Gasteiger partial charge in [0.2, 0.25) is 0 Å². The second kappa shape index (κ2) is 6.55. The molecule has 2 aromatic carbocycles. The molecule has 0 aliphatic carbocycles. The van der Waals surface area contributed by atoms with Gasteiger partial charge in [-0.05, 0) is 37.0 Å². The van der Waals surface area contributed by atoms with Crippen LogP contribution in [0.1, 0.15) is 16.7 Å². The lowest BCUT2D eigenvalue weighted by atomic mass is 10.2. The van der Waals surface area contributed by atoms with Gasteiger partial charge in [0, 0.05) is 10.5 Å². The predicted molar refractivity (Wildman–Crippen MR) is 96.5 cm³/mol. The largest absolute Gasteiger partial charge is 0.284 e. The highest BCUT2D eigenvalue weighted by Gasteiger charge is 2.22. The summed E-state index contributed by atoms with van der Waals surface area (Å²) in [5, 5.41) is 0.775. The van der Waals surface area contributed by atoms with Gasteiger partial charge in [-0.2, -0.15) is 0 Å². The number of nitrogens with zero attached hydrogens (tertiary/aromatic N) is 1. The summed E-state index contributed by atoms with van der Waals surface area (Å²) >= 11 is 3.14. The number of hydrogen-bond acceptors (Lipinski definition) is 3. The summed E-state index contributed by atoms with van der Waals surface area (Å²) in [4.78, 5) is 18.1. The molecule has 0 aromatic heterocycles. The van der Waals surface area contributed by atoms with Crippen LogP contribution in [-0.2, 0) is 4.79 Å². The standard InChI is InChI=1S/C18H15NOS2/c1-12-3-7-14(8-4-12)18-19-17(20)16(22-18)11-13-5-9-15(21-2)10-6-13/h3-11H,1-2H3. The Kier molecular flexibility index (Phi) is 4.50. The van der Waals surface area contributed by atoms with E-state index < -0.39 is 0 Å². The van der Waals surface area contributed by atoms with Crippen LogP contribution in [0, 0.1) is 6.92 Å². The van der Waals surface area contributed by atoms with Gasteiger partial charge in [0.25, 0.3) is 5.91 Å². The average Bonchev–Trinajstić information content (AvgIpc) is 2.90. The van der Waals surface area contributed by atoms with Crippen LogP contribution in [0.15, 0.2) is 63.3 Å². The Bertz CT molecular complexity index is 759. The molecule has 0 atom stereocenters. The lowest BCUT2D eigenvalue weighted by Gasteiger charge is -2.00. The first-order chi connectivity index (χ1) is 10.7. The molecule has 0 radical (unpaired) electrons. The molecule has 4 heteroatoms. The molecule has 2 aromatic rings. The first-order valence-electron chi connectivity index (χ1n) is 6.89. The number of amides is 1. The average molecular weight is 325 g/mol. The summed E-state index contributed by atoms with van der Waals surface area (Å²) in [6.45, 7) is 2.04. The van der Waals surface area contributed by atoms with Crippen molar-refractivity contribution in [1.29, 1.82) is 0 Å². The van der Waals surface area contributed by atoms with E-state index in [0.717, 1.165) is 16.2 Å². The molecule has 0 bridgehead atoms. The molecule has 0 spiro atoms. The van der Waals surface area contributed by atoms with Crippen LogP contribution >= 0.6 is 23.5 Å². The Morgan fingerprint density at radius 1 is 1.05 bits per heavy atom. The number of aryl methyl sites for hydroxylation is 1. The first-order valence-corrected chi connectivity index (χ1v) is 8.93. The maximum absolute atomic E-state index is 12.1. The molecule has 1 heterocycles. The summed E-state index contributed by atoms with van der Waals surface area (Å²) in [7, 11) is 0. The topological polar surface area (TPSA) is 29.4 Å². The molecule has 0 saturated heterocycles.